The first-order valence-electron chi connectivity index (χ1n) is 4.96. The lowest BCUT2D eigenvalue weighted by Gasteiger charge is -2.03. The van der Waals surface area contributed by atoms with E-state index in [1.807, 2.05) is 13.0 Å². The normalized spacial score (nSPS) is 9.88. The molecule has 1 aromatic heterocycles. The maximum absolute atomic E-state index is 11.5. The molecule has 0 radical (unpaired) electrons. The summed E-state index contributed by atoms with van der Waals surface area (Å²) in [4.78, 5) is 28.4. The second kappa shape index (κ2) is 6.06. The summed E-state index contributed by atoms with van der Waals surface area (Å²) in [6.07, 6.45) is 1.28. The van der Waals surface area contributed by atoms with Gasteiger partial charge < -0.3 is 10.1 Å². The number of hydrogen-bond donors (Lipinski definition) is 2. The van der Waals surface area contributed by atoms with Crippen LogP contribution in [-0.2, 0) is 11.2 Å². The zero-order valence-electron chi connectivity index (χ0n) is 9.19. The zero-order chi connectivity index (χ0) is 12.8. The molecule has 17 heavy (non-hydrogen) atoms. The molecular formula is C10H11N3O3S. The quantitative estimate of drug-likeness (QED) is 0.593. The third-order valence-corrected chi connectivity index (χ3v) is 2.76. The van der Waals surface area contributed by atoms with Gasteiger partial charge in [0, 0.05) is 0 Å². The van der Waals surface area contributed by atoms with E-state index in [9.17, 15) is 9.59 Å². The summed E-state index contributed by atoms with van der Waals surface area (Å²) in [7, 11) is 0. The number of aliphatic carboxylic acids is 1. The van der Waals surface area contributed by atoms with Crippen molar-refractivity contribution in [1.82, 2.24) is 9.97 Å². The Labute approximate surface area is 102 Å². The molecule has 6 nitrogen and oxygen atoms in total. The van der Waals surface area contributed by atoms with Gasteiger partial charge in [-0.1, -0.05) is 25.1 Å². The van der Waals surface area contributed by atoms with Crippen LogP contribution < -0.4 is 5.56 Å². The van der Waals surface area contributed by atoms with E-state index >= 15 is 0 Å². The number of nitrogens with zero attached hydrogens (tertiary/aromatic N) is 2. The van der Waals surface area contributed by atoms with Crippen molar-refractivity contribution < 1.29 is 9.90 Å². The van der Waals surface area contributed by atoms with Crippen LogP contribution in [0.25, 0.3) is 0 Å². The third-order valence-electron chi connectivity index (χ3n) is 1.90. The number of rotatable bonds is 5. The van der Waals surface area contributed by atoms with Crippen molar-refractivity contribution in [3.63, 3.8) is 0 Å². The number of H-pyrrole nitrogens is 1. The number of carbonyl (C=O) groups is 1. The number of carboxylic acid groups (broad SMARTS) is 1. The molecule has 1 rings (SSSR count). The van der Waals surface area contributed by atoms with Crippen molar-refractivity contribution in [2.45, 2.75) is 24.9 Å². The van der Waals surface area contributed by atoms with Gasteiger partial charge in [-0.3, -0.25) is 9.59 Å². The smallest absolute Gasteiger partial charge is 0.313 e. The molecule has 0 bridgehead atoms. The number of aryl methyl sites for hydroxylation is 1. The summed E-state index contributed by atoms with van der Waals surface area (Å²) in [5.41, 5.74) is -0.0861. The fourth-order valence-electron chi connectivity index (χ4n) is 1.23. The Hall–Kier alpha value is -1.81. The van der Waals surface area contributed by atoms with Gasteiger partial charge in [0.2, 0.25) is 0 Å². The summed E-state index contributed by atoms with van der Waals surface area (Å²) in [6.45, 7) is 1.91. The van der Waals surface area contributed by atoms with Crippen molar-refractivity contribution in [2.75, 3.05) is 5.75 Å². The van der Waals surface area contributed by atoms with Gasteiger partial charge in [-0.2, -0.15) is 5.26 Å². The number of thioether (sulfide) groups is 1. The minimum atomic E-state index is -0.987. The summed E-state index contributed by atoms with van der Waals surface area (Å²) >= 11 is 0.926. The average Bonchev–Trinajstić information content (AvgIpc) is 2.26. The largest absolute Gasteiger partial charge is 0.481 e. The lowest BCUT2D eigenvalue weighted by Crippen LogP contribution is -2.17. The summed E-state index contributed by atoms with van der Waals surface area (Å²) in [6, 6.07) is 1.81. The number of aromatic amines is 1. The van der Waals surface area contributed by atoms with Crippen LogP contribution in [0.3, 0.4) is 0 Å². The molecule has 0 amide bonds. The topological polar surface area (TPSA) is 107 Å². The second-order valence-corrected chi connectivity index (χ2v) is 4.20. The van der Waals surface area contributed by atoms with Gasteiger partial charge in [0.05, 0.1) is 11.4 Å². The monoisotopic (exact) mass is 253 g/mol. The van der Waals surface area contributed by atoms with Crippen molar-refractivity contribution in [1.29, 1.82) is 5.26 Å². The second-order valence-electron chi connectivity index (χ2n) is 3.24. The Morgan fingerprint density at radius 1 is 1.65 bits per heavy atom. The first-order chi connectivity index (χ1) is 8.08. The highest BCUT2D eigenvalue weighted by Gasteiger charge is 2.11. The van der Waals surface area contributed by atoms with E-state index in [1.165, 1.54) is 0 Å². The molecule has 2 N–H and O–H groups in total. The number of aromatic nitrogens is 2. The lowest BCUT2D eigenvalue weighted by atomic mass is 10.1. The first-order valence-corrected chi connectivity index (χ1v) is 5.95. The summed E-state index contributed by atoms with van der Waals surface area (Å²) in [5.74, 6) is -1.17. The first kappa shape index (κ1) is 13.3. The standard InChI is InChI=1S/C10H11N3O3S/c1-2-3-7-6(4-11)9(16)13-10(12-7)17-5-8(14)15/h2-3,5H2,1H3,(H,14,15)(H,12,13,16). The van der Waals surface area contributed by atoms with Crippen molar-refractivity contribution in [3.8, 4) is 6.07 Å². The Morgan fingerprint density at radius 2 is 2.35 bits per heavy atom. The van der Waals surface area contributed by atoms with Gasteiger partial charge in [0.1, 0.15) is 11.6 Å². The molecule has 90 valence electrons. The predicted molar refractivity (Wildman–Crippen MR) is 61.9 cm³/mol. The highest BCUT2D eigenvalue weighted by atomic mass is 32.2. The Bertz CT molecular complexity index is 519. The Balaban J connectivity index is 3.07. The average molecular weight is 253 g/mol. The van der Waals surface area contributed by atoms with Crippen molar-refractivity contribution >= 4 is 17.7 Å². The van der Waals surface area contributed by atoms with Gasteiger partial charge in [0.15, 0.2) is 5.16 Å². The van der Waals surface area contributed by atoms with E-state index in [-0.39, 0.29) is 16.5 Å². The van der Waals surface area contributed by atoms with Gasteiger partial charge in [-0.25, -0.2) is 4.98 Å². The lowest BCUT2D eigenvalue weighted by molar-refractivity contribution is -0.133. The molecule has 0 saturated heterocycles. The van der Waals surface area contributed by atoms with E-state index in [4.69, 9.17) is 10.4 Å². The minimum Gasteiger partial charge on any atom is -0.481 e. The van der Waals surface area contributed by atoms with Crippen LogP contribution in [0.4, 0.5) is 0 Å². The maximum atomic E-state index is 11.5. The SMILES string of the molecule is CCCc1nc(SCC(=O)O)[nH]c(=O)c1C#N. The molecule has 0 atom stereocenters. The van der Waals surface area contributed by atoms with Crippen molar-refractivity contribution in [2.24, 2.45) is 0 Å². The molecule has 0 spiro atoms. The predicted octanol–water partition coefficient (Wildman–Crippen LogP) is 0.771. The van der Waals surface area contributed by atoms with E-state index in [0.29, 0.717) is 12.1 Å². The van der Waals surface area contributed by atoms with Crippen LogP contribution >= 0.6 is 11.8 Å². The fraction of sp³-hybridized carbons (Fsp3) is 0.400. The molecule has 0 aliphatic heterocycles. The zero-order valence-corrected chi connectivity index (χ0v) is 10.0. The van der Waals surface area contributed by atoms with Gasteiger partial charge in [-0.15, -0.1) is 0 Å². The van der Waals surface area contributed by atoms with Crippen molar-refractivity contribution in [3.05, 3.63) is 21.6 Å². The van der Waals surface area contributed by atoms with Gasteiger partial charge in [-0.05, 0) is 6.42 Å². The highest BCUT2D eigenvalue weighted by Crippen LogP contribution is 2.13. The summed E-state index contributed by atoms with van der Waals surface area (Å²) in [5, 5.41) is 17.6. The van der Waals surface area contributed by atoms with Crippen LogP contribution in [0.1, 0.15) is 24.6 Å². The van der Waals surface area contributed by atoms with Crippen LogP contribution in [-0.4, -0.2) is 26.8 Å². The molecule has 0 aliphatic rings. The molecule has 0 aliphatic carbocycles. The maximum Gasteiger partial charge on any atom is 0.313 e. The van der Waals surface area contributed by atoms with E-state index in [1.54, 1.807) is 0 Å². The molecule has 0 unspecified atom stereocenters. The van der Waals surface area contributed by atoms with E-state index in [2.05, 4.69) is 9.97 Å². The van der Waals surface area contributed by atoms with E-state index < -0.39 is 11.5 Å². The molecule has 7 heteroatoms. The number of hydrogen-bond acceptors (Lipinski definition) is 5. The molecule has 0 fully saturated rings. The van der Waals surface area contributed by atoms with Gasteiger partial charge >= 0.3 is 5.97 Å². The molecule has 0 aromatic carbocycles. The molecule has 1 heterocycles. The Kier molecular flexibility index (Phi) is 4.72. The number of nitriles is 1. The molecular weight excluding hydrogens is 242 g/mol. The Morgan fingerprint density at radius 3 is 2.88 bits per heavy atom. The third kappa shape index (κ3) is 3.60. The van der Waals surface area contributed by atoms with E-state index in [0.717, 1.165) is 18.2 Å². The van der Waals surface area contributed by atoms with Crippen LogP contribution in [0.15, 0.2) is 9.95 Å². The molecule has 0 saturated carbocycles. The summed E-state index contributed by atoms with van der Waals surface area (Å²) < 4.78 is 0. The molecule has 1 aromatic rings. The van der Waals surface area contributed by atoms with Gasteiger partial charge in [0.25, 0.3) is 5.56 Å². The number of nitrogens with one attached hydrogen (secondary N) is 1. The van der Waals surface area contributed by atoms with Crippen LogP contribution in [0.5, 0.6) is 0 Å². The fourth-order valence-corrected chi connectivity index (χ4v) is 1.83. The highest BCUT2D eigenvalue weighted by molar-refractivity contribution is 7.99. The van der Waals surface area contributed by atoms with Crippen LogP contribution in [0, 0.1) is 11.3 Å². The number of carboxylic acids is 1. The van der Waals surface area contributed by atoms with Crippen LogP contribution in [0.2, 0.25) is 0 Å². The minimum absolute atomic E-state index is 0.00604.